The third-order valence-corrected chi connectivity index (χ3v) is 6.03. The molecule has 0 aliphatic heterocycles. The van der Waals surface area contributed by atoms with Gasteiger partial charge in [-0.1, -0.05) is 48.5 Å². The molecule has 1 unspecified atom stereocenters. The Morgan fingerprint density at radius 2 is 1.66 bits per heavy atom. The number of H-pyrrole nitrogens is 1. The number of benzene rings is 2. The van der Waals surface area contributed by atoms with Crippen LogP contribution in [0.3, 0.4) is 0 Å². The first-order valence-electron chi connectivity index (χ1n) is 11.3. The van der Waals surface area contributed by atoms with E-state index in [1.807, 2.05) is 48.5 Å². The van der Waals surface area contributed by atoms with Gasteiger partial charge in [0.15, 0.2) is 0 Å². The van der Waals surface area contributed by atoms with Crippen molar-refractivity contribution in [2.45, 2.75) is 18.4 Å². The summed E-state index contributed by atoms with van der Waals surface area (Å²) in [4.78, 5) is 41.1. The molecule has 0 saturated carbocycles. The predicted octanol–water partition coefficient (Wildman–Crippen LogP) is 2.37. The van der Waals surface area contributed by atoms with Crippen LogP contribution >= 0.6 is 0 Å². The minimum Gasteiger partial charge on any atom is -0.480 e. The SMILES string of the molecule is O=C(O)CN(CCO)C(=O)C(Cc1ccc[nH]1)NC(=O)OCC1c2ccccc2-c2ccccc21. The molecule has 4 N–H and O–H groups in total. The van der Waals surface area contributed by atoms with Gasteiger partial charge < -0.3 is 30.2 Å². The maximum absolute atomic E-state index is 13.1. The number of alkyl carbamates (subject to hydrolysis) is 1. The van der Waals surface area contributed by atoms with E-state index >= 15 is 0 Å². The van der Waals surface area contributed by atoms with Crippen LogP contribution in [0.15, 0.2) is 66.9 Å². The summed E-state index contributed by atoms with van der Waals surface area (Å²) < 4.78 is 5.56. The molecule has 35 heavy (non-hydrogen) atoms. The molecule has 1 heterocycles. The first kappa shape index (κ1) is 24.0. The van der Waals surface area contributed by atoms with E-state index in [9.17, 15) is 19.5 Å². The van der Waals surface area contributed by atoms with Gasteiger partial charge >= 0.3 is 12.1 Å². The smallest absolute Gasteiger partial charge is 0.407 e. The fraction of sp³-hybridized carbons (Fsp3) is 0.269. The zero-order chi connectivity index (χ0) is 24.8. The molecule has 2 amide bonds. The Balaban J connectivity index is 1.47. The van der Waals surface area contributed by atoms with Gasteiger partial charge in [0.2, 0.25) is 5.91 Å². The van der Waals surface area contributed by atoms with Crippen molar-refractivity contribution < 1.29 is 29.3 Å². The van der Waals surface area contributed by atoms with Crippen molar-refractivity contribution in [2.24, 2.45) is 0 Å². The number of carbonyl (C=O) groups is 3. The minimum absolute atomic E-state index is 0.0821. The summed E-state index contributed by atoms with van der Waals surface area (Å²) in [5, 5.41) is 21.0. The zero-order valence-corrected chi connectivity index (χ0v) is 19.0. The first-order chi connectivity index (χ1) is 17.0. The predicted molar refractivity (Wildman–Crippen MR) is 128 cm³/mol. The largest absolute Gasteiger partial charge is 0.480 e. The number of carboxylic acids is 1. The molecule has 0 bridgehead atoms. The van der Waals surface area contributed by atoms with E-state index in [1.165, 1.54) is 0 Å². The van der Waals surface area contributed by atoms with Gasteiger partial charge in [-0.25, -0.2) is 4.79 Å². The van der Waals surface area contributed by atoms with Crippen molar-refractivity contribution in [3.63, 3.8) is 0 Å². The molecule has 1 aromatic heterocycles. The van der Waals surface area contributed by atoms with Gasteiger partial charge in [0.05, 0.1) is 6.61 Å². The second-order valence-electron chi connectivity index (χ2n) is 8.30. The standard InChI is InChI=1S/C26H27N3O6/c30-13-12-29(15-24(31)32)25(33)23(14-17-6-5-11-27-17)28-26(34)35-16-22-20-9-3-1-7-18(20)19-8-2-4-10-21(19)22/h1-11,22-23,27,30H,12-16H2,(H,28,34)(H,31,32). The molecule has 1 aliphatic rings. The highest BCUT2D eigenvalue weighted by Crippen LogP contribution is 2.44. The van der Waals surface area contributed by atoms with Crippen molar-refractivity contribution in [3.05, 3.63) is 83.7 Å². The van der Waals surface area contributed by atoms with Crippen molar-refractivity contribution in [3.8, 4) is 11.1 Å². The van der Waals surface area contributed by atoms with Gasteiger partial charge in [0.1, 0.15) is 19.2 Å². The van der Waals surface area contributed by atoms with Crippen LogP contribution in [0.2, 0.25) is 0 Å². The lowest BCUT2D eigenvalue weighted by molar-refractivity contribution is -0.145. The fourth-order valence-electron chi connectivity index (χ4n) is 4.47. The van der Waals surface area contributed by atoms with Gasteiger partial charge in [-0.3, -0.25) is 9.59 Å². The summed E-state index contributed by atoms with van der Waals surface area (Å²) in [6.07, 6.45) is 1.01. The number of hydrogen-bond acceptors (Lipinski definition) is 5. The van der Waals surface area contributed by atoms with E-state index < -0.39 is 37.2 Å². The summed E-state index contributed by atoms with van der Waals surface area (Å²) >= 11 is 0. The second kappa shape index (κ2) is 10.9. The highest BCUT2D eigenvalue weighted by atomic mass is 16.5. The summed E-state index contributed by atoms with van der Waals surface area (Å²) in [5.74, 6) is -1.97. The number of carbonyl (C=O) groups excluding carboxylic acids is 2. The summed E-state index contributed by atoms with van der Waals surface area (Å²) in [6, 6.07) is 18.4. The number of ether oxygens (including phenoxy) is 1. The van der Waals surface area contributed by atoms with Crippen molar-refractivity contribution in [1.82, 2.24) is 15.2 Å². The van der Waals surface area contributed by atoms with Gasteiger partial charge in [0, 0.05) is 30.8 Å². The number of aromatic nitrogens is 1. The number of rotatable bonds is 10. The van der Waals surface area contributed by atoms with Crippen molar-refractivity contribution in [2.75, 3.05) is 26.3 Å². The zero-order valence-electron chi connectivity index (χ0n) is 19.0. The van der Waals surface area contributed by atoms with Crippen molar-refractivity contribution in [1.29, 1.82) is 0 Å². The number of carboxylic acid groups (broad SMARTS) is 1. The molecule has 0 spiro atoms. The van der Waals surface area contributed by atoms with Crippen LogP contribution in [0.4, 0.5) is 4.79 Å². The van der Waals surface area contributed by atoms with E-state index in [1.54, 1.807) is 18.3 Å². The molecule has 182 valence electrons. The van der Waals surface area contributed by atoms with Crippen molar-refractivity contribution >= 4 is 18.0 Å². The Labute approximate surface area is 202 Å². The van der Waals surface area contributed by atoms with Gasteiger partial charge in [-0.2, -0.15) is 0 Å². The van der Waals surface area contributed by atoms with Crippen LogP contribution in [0.5, 0.6) is 0 Å². The fourth-order valence-corrected chi connectivity index (χ4v) is 4.47. The molecule has 9 nitrogen and oxygen atoms in total. The molecule has 2 aromatic carbocycles. The number of nitrogens with zero attached hydrogens (tertiary/aromatic N) is 1. The Hall–Kier alpha value is -4.11. The Kier molecular flexibility index (Phi) is 7.47. The lowest BCUT2D eigenvalue weighted by atomic mass is 9.98. The first-order valence-corrected chi connectivity index (χ1v) is 11.3. The number of nitrogens with one attached hydrogen (secondary N) is 2. The van der Waals surface area contributed by atoms with E-state index in [0.717, 1.165) is 27.2 Å². The normalized spacial score (nSPS) is 12.9. The molecular weight excluding hydrogens is 450 g/mol. The van der Waals surface area contributed by atoms with Crippen LogP contribution < -0.4 is 5.32 Å². The Morgan fingerprint density at radius 3 is 2.23 bits per heavy atom. The molecule has 3 aromatic rings. The van der Waals surface area contributed by atoms with E-state index in [-0.39, 0.29) is 25.5 Å². The summed E-state index contributed by atoms with van der Waals surface area (Å²) in [6.45, 7) is -1.08. The summed E-state index contributed by atoms with van der Waals surface area (Å²) in [5.41, 5.74) is 5.02. The highest BCUT2D eigenvalue weighted by Gasteiger charge is 2.31. The molecule has 9 heteroatoms. The minimum atomic E-state index is -1.22. The number of fused-ring (bicyclic) bond motifs is 3. The number of aliphatic hydroxyl groups excluding tert-OH is 1. The molecular formula is C26H27N3O6. The third-order valence-electron chi connectivity index (χ3n) is 6.03. The number of hydrogen-bond donors (Lipinski definition) is 4. The molecule has 4 rings (SSSR count). The highest BCUT2D eigenvalue weighted by molar-refractivity contribution is 5.88. The number of amides is 2. The van der Waals surface area contributed by atoms with Crippen LogP contribution in [0, 0.1) is 0 Å². The average Bonchev–Trinajstić information content (AvgIpc) is 3.47. The van der Waals surface area contributed by atoms with Gasteiger partial charge in [-0.05, 0) is 34.4 Å². The van der Waals surface area contributed by atoms with Gasteiger partial charge in [-0.15, -0.1) is 0 Å². The lowest BCUT2D eigenvalue weighted by Gasteiger charge is -2.26. The number of aliphatic hydroxyl groups is 1. The lowest BCUT2D eigenvalue weighted by Crippen LogP contribution is -2.51. The van der Waals surface area contributed by atoms with E-state index in [0.29, 0.717) is 5.69 Å². The molecule has 0 radical (unpaired) electrons. The van der Waals surface area contributed by atoms with Crippen LogP contribution in [-0.2, 0) is 20.7 Å². The second-order valence-corrected chi connectivity index (χ2v) is 8.30. The monoisotopic (exact) mass is 477 g/mol. The number of aromatic amines is 1. The van der Waals surface area contributed by atoms with E-state index in [2.05, 4.69) is 10.3 Å². The Morgan fingerprint density at radius 1 is 1.00 bits per heavy atom. The molecule has 1 aliphatic carbocycles. The summed E-state index contributed by atoms with van der Waals surface area (Å²) in [7, 11) is 0. The maximum atomic E-state index is 13.1. The number of aliphatic carboxylic acids is 1. The molecule has 1 atom stereocenters. The Bertz CT molecular complexity index is 1150. The quantitative estimate of drug-likeness (QED) is 0.355. The molecule has 0 saturated heterocycles. The third kappa shape index (κ3) is 5.52. The maximum Gasteiger partial charge on any atom is 0.407 e. The molecule has 0 fully saturated rings. The van der Waals surface area contributed by atoms with Crippen LogP contribution in [0.25, 0.3) is 11.1 Å². The van der Waals surface area contributed by atoms with Gasteiger partial charge in [0.25, 0.3) is 0 Å². The van der Waals surface area contributed by atoms with Crippen LogP contribution in [0.1, 0.15) is 22.7 Å². The van der Waals surface area contributed by atoms with Crippen LogP contribution in [-0.4, -0.2) is 70.4 Å². The van der Waals surface area contributed by atoms with E-state index in [4.69, 9.17) is 9.84 Å². The average molecular weight is 478 g/mol. The topological polar surface area (TPSA) is 132 Å².